The van der Waals surface area contributed by atoms with Gasteiger partial charge >= 0.3 is 0 Å². The van der Waals surface area contributed by atoms with Crippen LogP contribution in [0, 0.1) is 13.8 Å². The molecule has 0 spiro atoms. The number of ether oxygens (including phenoxy) is 2. The van der Waals surface area contributed by atoms with Crippen molar-refractivity contribution in [3.63, 3.8) is 0 Å². The maximum atomic E-state index is 11.6. The number of methoxy groups -OCH3 is 1. The SMILES string of the molecule is COCCNCCNC(=O)COc1c(C)nn(C)c1C. The summed E-state index contributed by atoms with van der Waals surface area (Å²) in [6.07, 6.45) is 0. The number of carbonyl (C=O) groups excluding carboxylic acids is 1. The van der Waals surface area contributed by atoms with Gasteiger partial charge in [0.2, 0.25) is 0 Å². The molecule has 0 bridgehead atoms. The molecule has 1 heterocycles. The quantitative estimate of drug-likeness (QED) is 0.612. The Kier molecular flexibility index (Phi) is 7.03. The minimum absolute atomic E-state index is 0.00540. The summed E-state index contributed by atoms with van der Waals surface area (Å²) in [5.41, 5.74) is 1.70. The average molecular weight is 284 g/mol. The van der Waals surface area contributed by atoms with Crippen LogP contribution in [0.5, 0.6) is 5.75 Å². The molecule has 0 unspecified atom stereocenters. The molecular weight excluding hydrogens is 260 g/mol. The Morgan fingerprint density at radius 1 is 1.30 bits per heavy atom. The van der Waals surface area contributed by atoms with Crippen LogP contribution in [0.1, 0.15) is 11.4 Å². The van der Waals surface area contributed by atoms with Gasteiger partial charge in [0.05, 0.1) is 12.3 Å². The molecule has 0 aliphatic rings. The Bertz CT molecular complexity index is 431. The van der Waals surface area contributed by atoms with E-state index in [1.165, 1.54) is 0 Å². The van der Waals surface area contributed by atoms with Gasteiger partial charge in [-0.05, 0) is 13.8 Å². The Labute approximate surface area is 119 Å². The van der Waals surface area contributed by atoms with E-state index in [2.05, 4.69) is 15.7 Å². The Morgan fingerprint density at radius 3 is 2.65 bits per heavy atom. The van der Waals surface area contributed by atoms with E-state index in [-0.39, 0.29) is 12.5 Å². The van der Waals surface area contributed by atoms with Crippen molar-refractivity contribution in [1.29, 1.82) is 0 Å². The third-order valence-electron chi connectivity index (χ3n) is 2.90. The summed E-state index contributed by atoms with van der Waals surface area (Å²) >= 11 is 0. The first-order chi connectivity index (χ1) is 9.56. The zero-order valence-electron chi connectivity index (χ0n) is 12.7. The highest BCUT2D eigenvalue weighted by Gasteiger charge is 2.12. The van der Waals surface area contributed by atoms with Crippen LogP contribution < -0.4 is 15.4 Å². The fraction of sp³-hybridized carbons (Fsp3) is 0.692. The molecule has 20 heavy (non-hydrogen) atoms. The average Bonchev–Trinajstić information content (AvgIpc) is 2.65. The highest BCUT2D eigenvalue weighted by Crippen LogP contribution is 2.20. The lowest BCUT2D eigenvalue weighted by molar-refractivity contribution is -0.123. The standard InChI is InChI=1S/C13H24N4O3/c1-10-13(11(2)17(3)16-10)20-9-12(18)15-6-5-14-7-8-19-4/h14H,5-9H2,1-4H3,(H,15,18). The molecule has 0 aromatic carbocycles. The number of nitrogens with one attached hydrogen (secondary N) is 2. The van der Waals surface area contributed by atoms with Crippen LogP contribution >= 0.6 is 0 Å². The van der Waals surface area contributed by atoms with Crippen LogP contribution in [0.3, 0.4) is 0 Å². The first-order valence-electron chi connectivity index (χ1n) is 6.65. The summed E-state index contributed by atoms with van der Waals surface area (Å²) in [4.78, 5) is 11.6. The number of hydrogen-bond acceptors (Lipinski definition) is 5. The van der Waals surface area contributed by atoms with Crippen LogP contribution in [0.25, 0.3) is 0 Å². The topological polar surface area (TPSA) is 77.4 Å². The summed E-state index contributed by atoms with van der Waals surface area (Å²) in [5.74, 6) is 0.544. The molecule has 7 nitrogen and oxygen atoms in total. The summed E-state index contributed by atoms with van der Waals surface area (Å²) < 4.78 is 12.2. The molecule has 7 heteroatoms. The zero-order chi connectivity index (χ0) is 15.0. The van der Waals surface area contributed by atoms with E-state index < -0.39 is 0 Å². The van der Waals surface area contributed by atoms with Gasteiger partial charge in [-0.25, -0.2) is 0 Å². The molecule has 0 aliphatic heterocycles. The molecule has 1 amide bonds. The molecule has 0 atom stereocenters. The van der Waals surface area contributed by atoms with Crippen molar-refractivity contribution >= 4 is 5.91 Å². The lowest BCUT2D eigenvalue weighted by Gasteiger charge is -2.08. The molecule has 0 radical (unpaired) electrons. The monoisotopic (exact) mass is 284 g/mol. The van der Waals surface area contributed by atoms with Gasteiger partial charge in [-0.1, -0.05) is 0 Å². The fourth-order valence-corrected chi connectivity index (χ4v) is 1.74. The molecular formula is C13H24N4O3. The largest absolute Gasteiger partial charge is 0.480 e. The highest BCUT2D eigenvalue weighted by atomic mass is 16.5. The molecule has 1 aromatic rings. The van der Waals surface area contributed by atoms with Crippen molar-refractivity contribution in [1.82, 2.24) is 20.4 Å². The highest BCUT2D eigenvalue weighted by molar-refractivity contribution is 5.77. The van der Waals surface area contributed by atoms with Crippen LogP contribution in [-0.4, -0.2) is 55.6 Å². The normalized spacial score (nSPS) is 10.6. The summed E-state index contributed by atoms with van der Waals surface area (Å²) in [7, 11) is 3.50. The maximum Gasteiger partial charge on any atom is 0.257 e. The lowest BCUT2D eigenvalue weighted by Crippen LogP contribution is -2.35. The minimum atomic E-state index is -0.138. The molecule has 1 rings (SSSR count). The minimum Gasteiger partial charge on any atom is -0.480 e. The summed E-state index contributed by atoms with van der Waals surface area (Å²) in [6.45, 7) is 6.49. The second-order valence-electron chi connectivity index (χ2n) is 4.50. The number of aromatic nitrogens is 2. The number of aryl methyl sites for hydroxylation is 2. The van der Waals surface area contributed by atoms with Gasteiger partial charge in [-0.15, -0.1) is 0 Å². The summed E-state index contributed by atoms with van der Waals surface area (Å²) in [6, 6.07) is 0. The van der Waals surface area contributed by atoms with E-state index in [4.69, 9.17) is 9.47 Å². The van der Waals surface area contributed by atoms with E-state index in [0.717, 1.165) is 17.9 Å². The van der Waals surface area contributed by atoms with Gasteiger partial charge < -0.3 is 20.1 Å². The van der Waals surface area contributed by atoms with Gasteiger partial charge in [0.25, 0.3) is 5.91 Å². The second-order valence-corrected chi connectivity index (χ2v) is 4.50. The molecule has 0 fully saturated rings. The van der Waals surface area contributed by atoms with E-state index >= 15 is 0 Å². The van der Waals surface area contributed by atoms with Crippen molar-refractivity contribution < 1.29 is 14.3 Å². The van der Waals surface area contributed by atoms with E-state index in [1.807, 2.05) is 20.9 Å². The first-order valence-corrected chi connectivity index (χ1v) is 6.65. The second kappa shape index (κ2) is 8.55. The van der Waals surface area contributed by atoms with Crippen molar-refractivity contribution in [2.75, 3.05) is 40.0 Å². The molecule has 0 saturated carbocycles. The number of nitrogens with zero attached hydrogens (tertiary/aromatic N) is 2. The number of hydrogen-bond donors (Lipinski definition) is 2. The van der Waals surface area contributed by atoms with E-state index in [9.17, 15) is 4.79 Å². The number of amides is 1. The number of carbonyl (C=O) groups is 1. The van der Waals surface area contributed by atoms with Crippen LogP contribution in [-0.2, 0) is 16.6 Å². The predicted molar refractivity (Wildman–Crippen MR) is 75.9 cm³/mol. The van der Waals surface area contributed by atoms with Crippen LogP contribution in [0.2, 0.25) is 0 Å². The van der Waals surface area contributed by atoms with Crippen LogP contribution in [0.4, 0.5) is 0 Å². The van der Waals surface area contributed by atoms with E-state index in [0.29, 0.717) is 25.4 Å². The van der Waals surface area contributed by atoms with Crippen LogP contribution in [0.15, 0.2) is 0 Å². The van der Waals surface area contributed by atoms with Gasteiger partial charge in [0.15, 0.2) is 12.4 Å². The van der Waals surface area contributed by atoms with Gasteiger partial charge in [-0.3, -0.25) is 9.48 Å². The Morgan fingerprint density at radius 2 is 2.05 bits per heavy atom. The van der Waals surface area contributed by atoms with Gasteiger partial charge in [-0.2, -0.15) is 5.10 Å². The molecule has 0 saturated heterocycles. The summed E-state index contributed by atoms with van der Waals surface area (Å²) in [5, 5.41) is 10.2. The fourth-order valence-electron chi connectivity index (χ4n) is 1.74. The van der Waals surface area contributed by atoms with Crippen molar-refractivity contribution in [2.45, 2.75) is 13.8 Å². The maximum absolute atomic E-state index is 11.6. The molecule has 114 valence electrons. The van der Waals surface area contributed by atoms with Gasteiger partial charge in [0.1, 0.15) is 5.69 Å². The third kappa shape index (κ3) is 5.18. The van der Waals surface area contributed by atoms with Gasteiger partial charge in [0, 0.05) is 33.8 Å². The first kappa shape index (κ1) is 16.5. The smallest absolute Gasteiger partial charge is 0.257 e. The molecule has 1 aromatic heterocycles. The Hall–Kier alpha value is -1.60. The Balaban J connectivity index is 2.20. The van der Waals surface area contributed by atoms with Crippen molar-refractivity contribution in [3.8, 4) is 5.75 Å². The third-order valence-corrected chi connectivity index (χ3v) is 2.90. The molecule has 0 aliphatic carbocycles. The lowest BCUT2D eigenvalue weighted by atomic mass is 10.3. The van der Waals surface area contributed by atoms with E-state index in [1.54, 1.807) is 11.8 Å². The van der Waals surface area contributed by atoms with Crippen molar-refractivity contribution in [3.05, 3.63) is 11.4 Å². The zero-order valence-corrected chi connectivity index (χ0v) is 12.7. The van der Waals surface area contributed by atoms with Crippen molar-refractivity contribution in [2.24, 2.45) is 7.05 Å². The predicted octanol–water partition coefficient (Wildman–Crippen LogP) is -0.232. The molecule has 2 N–H and O–H groups in total. The number of rotatable bonds is 9.